The van der Waals surface area contributed by atoms with Crippen molar-refractivity contribution >= 4 is 39.5 Å². The van der Waals surface area contributed by atoms with Crippen LogP contribution in [-0.4, -0.2) is 96.7 Å². The highest BCUT2D eigenvalue weighted by atomic mass is 31.2. The van der Waals surface area contributed by atoms with Gasteiger partial charge in [0.25, 0.3) is 0 Å². The minimum atomic E-state index is -4.95. The van der Waals surface area contributed by atoms with Crippen molar-refractivity contribution in [3.8, 4) is 0 Å². The number of phosphoric ester groups is 2. The molecule has 0 radical (unpaired) electrons. The van der Waals surface area contributed by atoms with Gasteiger partial charge in [-0.2, -0.15) is 0 Å². The molecular weight excluding hydrogens is 1210 g/mol. The average Bonchev–Trinajstić information content (AvgIpc) is 2.52. The fourth-order valence-corrected chi connectivity index (χ4v) is 12.7. The van der Waals surface area contributed by atoms with Crippen LogP contribution in [0.25, 0.3) is 0 Å². The Morgan fingerprint density at radius 2 is 0.554 bits per heavy atom. The molecule has 3 unspecified atom stereocenters. The van der Waals surface area contributed by atoms with Crippen molar-refractivity contribution < 1.29 is 80.2 Å². The molecular formula is C73H142O17P2. The van der Waals surface area contributed by atoms with Crippen molar-refractivity contribution in [2.24, 2.45) is 11.8 Å². The Balaban J connectivity index is 5.13. The number of aliphatic hydroxyl groups excluding tert-OH is 1. The smallest absolute Gasteiger partial charge is 0.462 e. The van der Waals surface area contributed by atoms with Gasteiger partial charge in [-0.1, -0.05) is 324 Å². The van der Waals surface area contributed by atoms with Crippen LogP contribution in [0.2, 0.25) is 0 Å². The van der Waals surface area contributed by atoms with E-state index in [4.69, 9.17) is 37.0 Å². The van der Waals surface area contributed by atoms with Gasteiger partial charge in [-0.05, 0) is 37.5 Å². The largest absolute Gasteiger partial charge is 0.472 e. The van der Waals surface area contributed by atoms with Gasteiger partial charge < -0.3 is 33.8 Å². The van der Waals surface area contributed by atoms with Crippen LogP contribution in [0.1, 0.15) is 375 Å². The van der Waals surface area contributed by atoms with Crippen LogP contribution in [0.3, 0.4) is 0 Å². The maximum atomic E-state index is 13.0. The topological polar surface area (TPSA) is 237 Å². The molecule has 0 rings (SSSR count). The van der Waals surface area contributed by atoms with Gasteiger partial charge >= 0.3 is 39.5 Å². The lowest BCUT2D eigenvalue weighted by molar-refractivity contribution is -0.161. The summed E-state index contributed by atoms with van der Waals surface area (Å²) in [4.78, 5) is 72.5. The minimum absolute atomic E-state index is 0.106. The fraction of sp³-hybridized carbons (Fsp3) is 0.945. The van der Waals surface area contributed by atoms with E-state index in [2.05, 4.69) is 41.5 Å². The van der Waals surface area contributed by atoms with E-state index in [0.29, 0.717) is 25.7 Å². The summed E-state index contributed by atoms with van der Waals surface area (Å²) >= 11 is 0. The number of carbonyl (C=O) groups excluding carboxylic acids is 4. The van der Waals surface area contributed by atoms with Crippen LogP contribution >= 0.6 is 15.6 Å². The molecule has 3 N–H and O–H groups in total. The number of esters is 4. The third-order valence-electron chi connectivity index (χ3n) is 17.3. The number of ether oxygens (including phenoxy) is 4. The first-order valence-corrected chi connectivity index (χ1v) is 41.0. The Bertz CT molecular complexity index is 1790. The van der Waals surface area contributed by atoms with Gasteiger partial charge in [-0.25, -0.2) is 9.13 Å². The molecule has 0 spiro atoms. The van der Waals surface area contributed by atoms with Gasteiger partial charge in [-0.3, -0.25) is 37.3 Å². The van der Waals surface area contributed by atoms with E-state index >= 15 is 0 Å². The Morgan fingerprint density at radius 3 is 0.826 bits per heavy atom. The highest BCUT2D eigenvalue weighted by Crippen LogP contribution is 2.45. The zero-order valence-electron chi connectivity index (χ0n) is 59.9. The van der Waals surface area contributed by atoms with E-state index in [0.717, 1.165) is 115 Å². The van der Waals surface area contributed by atoms with Gasteiger partial charge in [-0.15, -0.1) is 0 Å². The summed E-state index contributed by atoms with van der Waals surface area (Å²) < 4.78 is 68.2. The van der Waals surface area contributed by atoms with Crippen molar-refractivity contribution in [3.63, 3.8) is 0 Å². The van der Waals surface area contributed by atoms with E-state index in [1.807, 2.05) is 0 Å². The van der Waals surface area contributed by atoms with Gasteiger partial charge in [0.15, 0.2) is 12.2 Å². The molecule has 0 aromatic heterocycles. The van der Waals surface area contributed by atoms with Crippen molar-refractivity contribution in [2.75, 3.05) is 39.6 Å². The number of rotatable bonds is 72. The first-order chi connectivity index (χ1) is 44.4. The second-order valence-electron chi connectivity index (χ2n) is 27.1. The number of phosphoric acid groups is 2. The zero-order valence-corrected chi connectivity index (χ0v) is 61.6. The molecule has 0 aliphatic carbocycles. The lowest BCUT2D eigenvalue weighted by atomic mass is 9.99. The average molecular weight is 1350 g/mol. The Kier molecular flexibility index (Phi) is 63.7. The van der Waals surface area contributed by atoms with Crippen LogP contribution in [-0.2, 0) is 65.4 Å². The van der Waals surface area contributed by atoms with Gasteiger partial charge in [0.1, 0.15) is 19.3 Å². The predicted molar refractivity (Wildman–Crippen MR) is 372 cm³/mol. The maximum absolute atomic E-state index is 13.0. The normalized spacial score (nSPS) is 14.4. The monoisotopic (exact) mass is 1350 g/mol. The fourth-order valence-electron chi connectivity index (χ4n) is 11.1. The SMILES string of the molecule is CCCCCCCCCCCCCC(=O)O[C@H](COC(=O)CCCCCCCCC)COP(=O)(O)OC[C@H](O)COP(=O)(O)OC[C@@H](COC(=O)CCCCCCCCCCCC(C)C)OC(=O)CCCCCCCCCCCCCCCCCCCCC(C)CC. The second-order valence-corrected chi connectivity index (χ2v) is 30.0. The highest BCUT2D eigenvalue weighted by Gasteiger charge is 2.30. The molecule has 0 bridgehead atoms. The quantitative estimate of drug-likeness (QED) is 0.0222. The molecule has 0 saturated heterocycles. The number of hydrogen-bond acceptors (Lipinski definition) is 15. The van der Waals surface area contributed by atoms with Crippen molar-refractivity contribution in [1.82, 2.24) is 0 Å². The number of carbonyl (C=O) groups is 4. The highest BCUT2D eigenvalue weighted by molar-refractivity contribution is 7.47. The van der Waals surface area contributed by atoms with E-state index < -0.39 is 97.5 Å². The van der Waals surface area contributed by atoms with Gasteiger partial charge in [0, 0.05) is 25.7 Å². The van der Waals surface area contributed by atoms with Gasteiger partial charge in [0.2, 0.25) is 0 Å². The molecule has 92 heavy (non-hydrogen) atoms. The zero-order chi connectivity index (χ0) is 67.9. The number of unbranched alkanes of at least 4 members (excludes halogenated alkanes) is 41. The Hall–Kier alpha value is -1.94. The molecule has 17 nitrogen and oxygen atoms in total. The van der Waals surface area contributed by atoms with Crippen molar-refractivity contribution in [3.05, 3.63) is 0 Å². The lowest BCUT2D eigenvalue weighted by Gasteiger charge is -2.21. The standard InChI is InChI=1S/C73H142O17P2/c1-7-10-12-14-16-17-26-32-39-45-51-57-72(77)89-68(61-83-70(75)55-49-43-35-15-13-11-8-2)63-87-91(79,80)85-59-67(74)60-86-92(81,82)88-64-69(62-84-71(76)56-50-44-38-34-29-30-36-41-47-53-65(4)5)90-73(78)58-52-46-40-33-28-25-23-21-19-18-20-22-24-27-31-37-42-48-54-66(6)9-3/h65-69,74H,7-64H2,1-6H3,(H,79,80)(H,81,82)/t66?,67-,68+,69+/m0/s1. The summed E-state index contributed by atoms with van der Waals surface area (Å²) in [6, 6.07) is 0. The van der Waals surface area contributed by atoms with Crippen LogP contribution in [0, 0.1) is 11.8 Å². The molecule has 0 aliphatic heterocycles. The van der Waals surface area contributed by atoms with E-state index in [1.165, 1.54) is 180 Å². The van der Waals surface area contributed by atoms with Crippen LogP contribution in [0.15, 0.2) is 0 Å². The molecule has 0 saturated carbocycles. The Morgan fingerprint density at radius 1 is 0.315 bits per heavy atom. The summed E-state index contributed by atoms with van der Waals surface area (Å²) in [6.45, 7) is 9.57. The molecule has 0 aromatic carbocycles. The molecule has 0 aliphatic rings. The molecule has 0 amide bonds. The third-order valence-corrected chi connectivity index (χ3v) is 19.2. The summed E-state index contributed by atoms with van der Waals surface area (Å²) in [5.41, 5.74) is 0. The van der Waals surface area contributed by atoms with Crippen LogP contribution in [0.5, 0.6) is 0 Å². The number of aliphatic hydroxyl groups is 1. The maximum Gasteiger partial charge on any atom is 0.472 e. The van der Waals surface area contributed by atoms with E-state index in [-0.39, 0.29) is 25.7 Å². The molecule has 546 valence electrons. The number of hydrogen-bond donors (Lipinski definition) is 3. The third kappa shape index (κ3) is 65.4. The molecule has 0 heterocycles. The molecule has 0 fully saturated rings. The van der Waals surface area contributed by atoms with E-state index in [1.54, 1.807) is 0 Å². The van der Waals surface area contributed by atoms with E-state index in [9.17, 15) is 43.2 Å². The van der Waals surface area contributed by atoms with Gasteiger partial charge in [0.05, 0.1) is 26.4 Å². The summed E-state index contributed by atoms with van der Waals surface area (Å²) in [5, 5.41) is 10.6. The Labute approximate surface area is 562 Å². The summed E-state index contributed by atoms with van der Waals surface area (Å²) in [5.74, 6) is -0.511. The first kappa shape index (κ1) is 90.1. The summed E-state index contributed by atoms with van der Waals surface area (Å²) in [6.07, 6.45) is 51.5. The molecule has 0 aromatic rings. The first-order valence-electron chi connectivity index (χ1n) is 38.0. The molecule has 19 heteroatoms. The predicted octanol–water partition coefficient (Wildman–Crippen LogP) is 21.2. The van der Waals surface area contributed by atoms with Crippen LogP contribution < -0.4 is 0 Å². The second kappa shape index (κ2) is 65.0. The summed E-state index contributed by atoms with van der Waals surface area (Å²) in [7, 11) is -9.90. The van der Waals surface area contributed by atoms with Crippen molar-refractivity contribution in [2.45, 2.75) is 394 Å². The molecule has 6 atom stereocenters. The van der Waals surface area contributed by atoms with Crippen molar-refractivity contribution in [1.29, 1.82) is 0 Å². The van der Waals surface area contributed by atoms with Crippen LogP contribution in [0.4, 0.5) is 0 Å². The lowest BCUT2D eigenvalue weighted by Crippen LogP contribution is -2.30. The minimum Gasteiger partial charge on any atom is -0.462 e.